The smallest absolute Gasteiger partial charge is 0.266 e. The highest BCUT2D eigenvalue weighted by molar-refractivity contribution is 6.36. The molecule has 0 bridgehead atoms. The van der Waals surface area contributed by atoms with Crippen molar-refractivity contribution in [2.45, 2.75) is 0 Å². The molecule has 0 saturated carbocycles. The third kappa shape index (κ3) is 4.40. The molecule has 116 valence electrons. The SMILES string of the molecule is N#C/C(=C\c1cc(Cl)cc(Cl)c1O)C(=O)Nc1cccc(Cl)c1. The maximum Gasteiger partial charge on any atom is 0.266 e. The molecule has 0 aliphatic carbocycles. The zero-order chi connectivity index (χ0) is 17.0. The van der Waals surface area contributed by atoms with Crippen molar-refractivity contribution in [1.29, 1.82) is 5.26 Å². The second-order valence-corrected chi connectivity index (χ2v) is 5.74. The molecule has 2 rings (SSSR count). The molecule has 0 aliphatic heterocycles. The summed E-state index contributed by atoms with van der Waals surface area (Å²) in [4.78, 5) is 12.1. The summed E-state index contributed by atoms with van der Waals surface area (Å²) < 4.78 is 0. The number of nitrogens with one attached hydrogen (secondary N) is 1. The summed E-state index contributed by atoms with van der Waals surface area (Å²) in [5.41, 5.74) is 0.385. The van der Waals surface area contributed by atoms with Crippen molar-refractivity contribution in [3.63, 3.8) is 0 Å². The Labute approximate surface area is 147 Å². The van der Waals surface area contributed by atoms with Crippen LogP contribution in [0.4, 0.5) is 5.69 Å². The number of phenolic OH excluding ortho intramolecular Hbond substituents is 1. The number of nitrogens with zero attached hydrogens (tertiary/aromatic N) is 1. The Balaban J connectivity index is 2.32. The van der Waals surface area contributed by atoms with Gasteiger partial charge in [-0.05, 0) is 36.4 Å². The molecule has 1 amide bonds. The van der Waals surface area contributed by atoms with Crippen molar-refractivity contribution in [1.82, 2.24) is 0 Å². The van der Waals surface area contributed by atoms with Crippen LogP contribution in [0, 0.1) is 11.3 Å². The minimum atomic E-state index is -0.648. The van der Waals surface area contributed by atoms with Crippen LogP contribution in [0.5, 0.6) is 5.75 Å². The number of nitriles is 1. The van der Waals surface area contributed by atoms with Gasteiger partial charge in [-0.15, -0.1) is 0 Å². The van der Waals surface area contributed by atoms with E-state index in [1.807, 2.05) is 0 Å². The molecule has 0 aliphatic rings. The fraction of sp³-hybridized carbons (Fsp3) is 0. The third-order valence-electron chi connectivity index (χ3n) is 2.81. The summed E-state index contributed by atoms with van der Waals surface area (Å²) in [7, 11) is 0. The van der Waals surface area contributed by atoms with Gasteiger partial charge in [0.2, 0.25) is 0 Å². The Hall–Kier alpha value is -2.19. The molecule has 2 N–H and O–H groups in total. The van der Waals surface area contributed by atoms with E-state index < -0.39 is 5.91 Å². The number of aromatic hydroxyl groups is 1. The van der Waals surface area contributed by atoms with Crippen LogP contribution in [-0.4, -0.2) is 11.0 Å². The van der Waals surface area contributed by atoms with E-state index in [-0.39, 0.29) is 26.9 Å². The predicted octanol–water partition coefficient (Wildman–Crippen LogP) is 4.90. The molecule has 23 heavy (non-hydrogen) atoms. The van der Waals surface area contributed by atoms with Crippen LogP contribution in [0.1, 0.15) is 5.56 Å². The molecule has 0 atom stereocenters. The van der Waals surface area contributed by atoms with Crippen LogP contribution in [0.2, 0.25) is 15.1 Å². The molecular formula is C16H9Cl3N2O2. The Bertz CT molecular complexity index is 842. The van der Waals surface area contributed by atoms with Gasteiger partial charge in [-0.1, -0.05) is 40.9 Å². The lowest BCUT2D eigenvalue weighted by molar-refractivity contribution is -0.112. The monoisotopic (exact) mass is 366 g/mol. The average Bonchev–Trinajstić information content (AvgIpc) is 2.49. The molecule has 0 aromatic heterocycles. The Kier molecular flexibility index (Phi) is 5.51. The van der Waals surface area contributed by atoms with Gasteiger partial charge in [-0.2, -0.15) is 5.26 Å². The maximum absolute atomic E-state index is 12.1. The fourth-order valence-electron chi connectivity index (χ4n) is 1.76. The van der Waals surface area contributed by atoms with Crippen molar-refractivity contribution in [2.75, 3.05) is 5.32 Å². The summed E-state index contributed by atoms with van der Waals surface area (Å²) in [6.07, 6.45) is 1.20. The molecule has 2 aromatic carbocycles. The first-order chi connectivity index (χ1) is 10.9. The van der Waals surface area contributed by atoms with Crippen molar-refractivity contribution >= 4 is 52.5 Å². The van der Waals surface area contributed by atoms with Crippen molar-refractivity contribution < 1.29 is 9.90 Å². The van der Waals surface area contributed by atoms with Gasteiger partial charge in [0.1, 0.15) is 17.4 Å². The van der Waals surface area contributed by atoms with Gasteiger partial charge in [0.15, 0.2) is 0 Å². The zero-order valence-electron chi connectivity index (χ0n) is 11.5. The first-order valence-corrected chi connectivity index (χ1v) is 7.41. The van der Waals surface area contributed by atoms with Crippen LogP contribution in [-0.2, 0) is 4.79 Å². The van der Waals surface area contributed by atoms with Gasteiger partial charge < -0.3 is 10.4 Å². The number of halogens is 3. The normalized spacial score (nSPS) is 11.0. The molecule has 0 heterocycles. The molecule has 0 saturated heterocycles. The molecule has 7 heteroatoms. The van der Waals surface area contributed by atoms with E-state index in [0.29, 0.717) is 10.7 Å². The number of carbonyl (C=O) groups excluding carboxylic acids is 1. The number of anilines is 1. The summed E-state index contributed by atoms with van der Waals surface area (Å²) in [6, 6.07) is 11.0. The average molecular weight is 368 g/mol. The summed E-state index contributed by atoms with van der Waals surface area (Å²) in [5.74, 6) is -0.912. The lowest BCUT2D eigenvalue weighted by Gasteiger charge is -2.06. The number of benzene rings is 2. The highest BCUT2D eigenvalue weighted by atomic mass is 35.5. The fourth-order valence-corrected chi connectivity index (χ4v) is 2.46. The molecule has 0 unspecified atom stereocenters. The van der Waals surface area contributed by atoms with Gasteiger partial charge in [0.05, 0.1) is 5.02 Å². The second-order valence-electron chi connectivity index (χ2n) is 4.46. The van der Waals surface area contributed by atoms with Crippen LogP contribution < -0.4 is 5.32 Å². The summed E-state index contributed by atoms with van der Waals surface area (Å²) >= 11 is 17.5. The Morgan fingerprint density at radius 2 is 1.91 bits per heavy atom. The summed E-state index contributed by atoms with van der Waals surface area (Å²) in [6.45, 7) is 0. The van der Waals surface area contributed by atoms with Crippen LogP contribution in [0.15, 0.2) is 42.0 Å². The third-order valence-corrected chi connectivity index (χ3v) is 3.55. The number of hydrogen-bond acceptors (Lipinski definition) is 3. The number of carbonyl (C=O) groups is 1. The highest BCUT2D eigenvalue weighted by Gasteiger charge is 2.13. The maximum atomic E-state index is 12.1. The number of rotatable bonds is 3. The lowest BCUT2D eigenvalue weighted by Crippen LogP contribution is -2.13. The van der Waals surface area contributed by atoms with Crippen LogP contribution >= 0.6 is 34.8 Å². The minimum Gasteiger partial charge on any atom is -0.506 e. The Morgan fingerprint density at radius 3 is 2.57 bits per heavy atom. The molecule has 0 spiro atoms. The molecular weight excluding hydrogens is 359 g/mol. The lowest BCUT2D eigenvalue weighted by atomic mass is 10.1. The van der Waals surface area contributed by atoms with Gasteiger partial charge in [-0.25, -0.2) is 0 Å². The zero-order valence-corrected chi connectivity index (χ0v) is 13.7. The van der Waals surface area contributed by atoms with E-state index >= 15 is 0 Å². The molecule has 2 aromatic rings. The molecule has 0 radical (unpaired) electrons. The van der Waals surface area contributed by atoms with Gasteiger partial charge >= 0.3 is 0 Å². The standard InChI is InChI=1S/C16H9Cl3N2O2/c17-11-2-1-3-13(6-11)21-16(23)10(8-20)4-9-5-12(18)7-14(19)15(9)22/h1-7,22H,(H,21,23)/b10-4+. The first kappa shape index (κ1) is 17.2. The van der Waals surface area contributed by atoms with Crippen LogP contribution in [0.25, 0.3) is 6.08 Å². The quantitative estimate of drug-likeness (QED) is 0.598. The van der Waals surface area contributed by atoms with E-state index in [1.54, 1.807) is 30.3 Å². The van der Waals surface area contributed by atoms with E-state index in [1.165, 1.54) is 18.2 Å². The highest BCUT2D eigenvalue weighted by Crippen LogP contribution is 2.32. The number of hydrogen-bond donors (Lipinski definition) is 2. The van der Waals surface area contributed by atoms with Gasteiger partial charge in [0.25, 0.3) is 5.91 Å². The predicted molar refractivity (Wildman–Crippen MR) is 91.8 cm³/mol. The molecule has 0 fully saturated rings. The van der Waals surface area contributed by atoms with Gasteiger partial charge in [0, 0.05) is 21.3 Å². The van der Waals surface area contributed by atoms with Crippen LogP contribution in [0.3, 0.4) is 0 Å². The van der Waals surface area contributed by atoms with E-state index in [4.69, 9.17) is 40.1 Å². The van der Waals surface area contributed by atoms with E-state index in [0.717, 1.165) is 0 Å². The minimum absolute atomic E-state index is 0.0243. The summed E-state index contributed by atoms with van der Waals surface area (Å²) in [5, 5.41) is 22.3. The van der Waals surface area contributed by atoms with E-state index in [9.17, 15) is 9.90 Å². The Morgan fingerprint density at radius 1 is 1.17 bits per heavy atom. The first-order valence-electron chi connectivity index (χ1n) is 6.27. The largest absolute Gasteiger partial charge is 0.506 e. The van der Waals surface area contributed by atoms with Gasteiger partial charge in [-0.3, -0.25) is 4.79 Å². The number of amides is 1. The number of phenols is 1. The second kappa shape index (κ2) is 7.38. The van der Waals surface area contributed by atoms with Crippen molar-refractivity contribution in [3.8, 4) is 11.8 Å². The topological polar surface area (TPSA) is 73.1 Å². The molecule has 4 nitrogen and oxygen atoms in total. The van der Waals surface area contributed by atoms with Crippen molar-refractivity contribution in [3.05, 3.63) is 62.6 Å². The van der Waals surface area contributed by atoms with E-state index in [2.05, 4.69) is 5.32 Å². The van der Waals surface area contributed by atoms with Crippen molar-refractivity contribution in [2.24, 2.45) is 0 Å².